The lowest BCUT2D eigenvalue weighted by Crippen LogP contribution is -2.19. The summed E-state index contributed by atoms with van der Waals surface area (Å²) in [6.07, 6.45) is 10.4. The van der Waals surface area contributed by atoms with E-state index in [9.17, 15) is 0 Å². The number of allylic oxidation sites excluding steroid dienone is 1. The molecule has 1 aliphatic rings. The van der Waals surface area contributed by atoms with Gasteiger partial charge in [0.05, 0.1) is 6.04 Å². The lowest BCUT2D eigenvalue weighted by molar-refractivity contribution is 0.573. The highest BCUT2D eigenvalue weighted by Gasteiger charge is 2.17. The lowest BCUT2D eigenvalue weighted by Gasteiger charge is -2.23. The molecule has 1 atom stereocenters. The van der Waals surface area contributed by atoms with E-state index in [4.69, 9.17) is 0 Å². The van der Waals surface area contributed by atoms with Gasteiger partial charge in [0.2, 0.25) is 0 Å². The topological polar surface area (TPSA) is 12.0 Å². The first-order valence-electron chi connectivity index (χ1n) is 7.76. The second-order valence-corrected chi connectivity index (χ2v) is 6.72. The third-order valence-electron chi connectivity index (χ3n) is 4.28. The van der Waals surface area contributed by atoms with Gasteiger partial charge in [0.1, 0.15) is 0 Å². The van der Waals surface area contributed by atoms with Crippen molar-refractivity contribution < 1.29 is 0 Å². The largest absolute Gasteiger partial charge is 0.310 e. The van der Waals surface area contributed by atoms with Crippen molar-refractivity contribution in [3.63, 3.8) is 0 Å². The van der Waals surface area contributed by atoms with Gasteiger partial charge in [0, 0.05) is 4.47 Å². The van der Waals surface area contributed by atoms with Gasteiger partial charge in [0.25, 0.3) is 0 Å². The average Bonchev–Trinajstić information content (AvgIpc) is 2.38. The van der Waals surface area contributed by atoms with Gasteiger partial charge in [-0.1, -0.05) is 52.6 Å². The van der Waals surface area contributed by atoms with Crippen LogP contribution in [0.3, 0.4) is 0 Å². The van der Waals surface area contributed by atoms with Crippen LogP contribution in [0.2, 0.25) is 0 Å². The molecule has 1 N–H and O–H groups in total. The van der Waals surface area contributed by atoms with E-state index < -0.39 is 0 Å². The van der Waals surface area contributed by atoms with Crippen molar-refractivity contribution in [2.45, 2.75) is 58.4 Å². The molecule has 0 heterocycles. The van der Waals surface area contributed by atoms with Gasteiger partial charge in [-0.3, -0.25) is 0 Å². The standard InChI is InChI=1S/C18H26BrN/c1-13-11-16(12-14(2)17(13)19)18(20-3)15-9-7-5-4-6-8-10-15/h9,11-12,18,20H,4-8,10H2,1-3H3/b15-9+. The van der Waals surface area contributed by atoms with Gasteiger partial charge in [-0.15, -0.1) is 0 Å². The minimum atomic E-state index is 0.374. The van der Waals surface area contributed by atoms with Crippen LogP contribution in [0.25, 0.3) is 0 Å². The summed E-state index contributed by atoms with van der Waals surface area (Å²) in [7, 11) is 2.08. The Hall–Kier alpha value is -0.600. The maximum absolute atomic E-state index is 3.67. The monoisotopic (exact) mass is 335 g/mol. The Labute approximate surface area is 132 Å². The van der Waals surface area contributed by atoms with E-state index in [2.05, 4.69) is 60.4 Å². The second-order valence-electron chi connectivity index (χ2n) is 5.92. The van der Waals surface area contributed by atoms with Gasteiger partial charge in [-0.05, 0) is 63.3 Å². The van der Waals surface area contributed by atoms with Crippen LogP contribution in [0.15, 0.2) is 28.3 Å². The fourth-order valence-electron chi connectivity index (χ4n) is 3.19. The summed E-state index contributed by atoms with van der Waals surface area (Å²) >= 11 is 3.67. The van der Waals surface area contributed by atoms with Crippen LogP contribution in [-0.2, 0) is 0 Å². The molecular formula is C18H26BrN. The minimum Gasteiger partial charge on any atom is -0.310 e. The molecule has 0 saturated heterocycles. The lowest BCUT2D eigenvalue weighted by atomic mass is 9.90. The number of rotatable bonds is 3. The normalized spacial score (nSPS) is 20.7. The number of benzene rings is 1. The molecule has 2 rings (SSSR count). The quantitative estimate of drug-likeness (QED) is 0.708. The zero-order valence-electron chi connectivity index (χ0n) is 12.9. The van der Waals surface area contributed by atoms with Crippen LogP contribution < -0.4 is 5.32 Å². The summed E-state index contributed by atoms with van der Waals surface area (Å²) in [5, 5.41) is 3.53. The molecule has 0 radical (unpaired) electrons. The Morgan fingerprint density at radius 2 is 1.70 bits per heavy atom. The first kappa shape index (κ1) is 15.8. The Balaban J connectivity index is 2.31. The fraction of sp³-hybridized carbons (Fsp3) is 0.556. The molecular weight excluding hydrogens is 310 g/mol. The minimum absolute atomic E-state index is 0.374. The van der Waals surface area contributed by atoms with Crippen molar-refractivity contribution in [1.82, 2.24) is 5.32 Å². The Bertz CT molecular complexity index is 467. The van der Waals surface area contributed by atoms with Crippen molar-refractivity contribution in [2.75, 3.05) is 7.05 Å². The predicted molar refractivity (Wildman–Crippen MR) is 91.2 cm³/mol. The molecule has 0 aromatic heterocycles. The maximum atomic E-state index is 3.67. The highest BCUT2D eigenvalue weighted by Crippen LogP contribution is 2.32. The van der Waals surface area contributed by atoms with Crippen molar-refractivity contribution >= 4 is 15.9 Å². The molecule has 20 heavy (non-hydrogen) atoms. The van der Waals surface area contributed by atoms with Gasteiger partial charge < -0.3 is 5.32 Å². The van der Waals surface area contributed by atoms with Crippen LogP contribution in [0.5, 0.6) is 0 Å². The average molecular weight is 336 g/mol. The summed E-state index contributed by atoms with van der Waals surface area (Å²) in [4.78, 5) is 0. The molecule has 1 unspecified atom stereocenters. The fourth-order valence-corrected chi connectivity index (χ4v) is 3.42. The van der Waals surface area contributed by atoms with Gasteiger partial charge in [-0.25, -0.2) is 0 Å². The zero-order valence-corrected chi connectivity index (χ0v) is 14.5. The van der Waals surface area contributed by atoms with Crippen LogP contribution in [0, 0.1) is 13.8 Å². The predicted octanol–water partition coefficient (Wildman–Crippen LogP) is 5.61. The van der Waals surface area contributed by atoms with Crippen molar-refractivity contribution in [3.8, 4) is 0 Å². The van der Waals surface area contributed by atoms with E-state index in [0.29, 0.717) is 6.04 Å². The number of nitrogens with one attached hydrogen (secondary N) is 1. The third-order valence-corrected chi connectivity index (χ3v) is 5.53. The molecule has 0 fully saturated rings. The molecule has 1 nitrogen and oxygen atoms in total. The molecule has 1 aromatic carbocycles. The van der Waals surface area contributed by atoms with Crippen molar-refractivity contribution in [2.24, 2.45) is 0 Å². The Morgan fingerprint density at radius 3 is 2.35 bits per heavy atom. The summed E-state index contributed by atoms with van der Waals surface area (Å²) < 4.78 is 1.24. The van der Waals surface area contributed by atoms with Crippen LogP contribution in [-0.4, -0.2) is 7.05 Å². The van der Waals surface area contributed by atoms with E-state index in [0.717, 1.165) is 0 Å². The summed E-state index contributed by atoms with van der Waals surface area (Å²) in [5.74, 6) is 0. The van der Waals surface area contributed by atoms with E-state index in [1.54, 1.807) is 5.57 Å². The highest BCUT2D eigenvalue weighted by molar-refractivity contribution is 9.10. The van der Waals surface area contributed by atoms with Crippen molar-refractivity contribution in [3.05, 3.63) is 44.9 Å². The van der Waals surface area contributed by atoms with E-state index in [1.807, 2.05) is 0 Å². The first-order chi connectivity index (χ1) is 9.63. The van der Waals surface area contributed by atoms with Gasteiger partial charge in [-0.2, -0.15) is 0 Å². The van der Waals surface area contributed by atoms with E-state index in [1.165, 1.54) is 59.7 Å². The Kier molecular flexibility index (Phi) is 5.86. The van der Waals surface area contributed by atoms with E-state index >= 15 is 0 Å². The number of likely N-dealkylation sites (N-methyl/N-ethyl adjacent to an activating group) is 1. The third kappa shape index (κ3) is 3.73. The van der Waals surface area contributed by atoms with Crippen LogP contribution >= 0.6 is 15.9 Å². The molecule has 0 spiro atoms. The number of halogens is 1. The summed E-state index contributed by atoms with van der Waals surface area (Å²) in [6, 6.07) is 5.01. The van der Waals surface area contributed by atoms with Gasteiger partial charge in [0.15, 0.2) is 0 Å². The van der Waals surface area contributed by atoms with Crippen LogP contribution in [0.1, 0.15) is 61.3 Å². The second kappa shape index (κ2) is 7.42. The zero-order chi connectivity index (χ0) is 14.5. The van der Waals surface area contributed by atoms with Gasteiger partial charge >= 0.3 is 0 Å². The highest BCUT2D eigenvalue weighted by atomic mass is 79.9. The van der Waals surface area contributed by atoms with Crippen molar-refractivity contribution in [1.29, 1.82) is 0 Å². The smallest absolute Gasteiger partial charge is 0.0533 e. The first-order valence-corrected chi connectivity index (χ1v) is 8.55. The molecule has 1 aliphatic carbocycles. The number of aryl methyl sites for hydroxylation is 2. The molecule has 110 valence electrons. The summed E-state index contributed by atoms with van der Waals surface area (Å²) in [6.45, 7) is 4.36. The number of hydrogen-bond donors (Lipinski definition) is 1. The SMILES string of the molecule is CNC(/C1=C/CCCCCC1)c1cc(C)c(Br)c(C)c1. The molecule has 2 heteroatoms. The van der Waals surface area contributed by atoms with Crippen LogP contribution in [0.4, 0.5) is 0 Å². The molecule has 1 aromatic rings. The maximum Gasteiger partial charge on any atom is 0.0533 e. The Morgan fingerprint density at radius 1 is 1.05 bits per heavy atom. The molecule has 0 amide bonds. The summed E-state index contributed by atoms with van der Waals surface area (Å²) in [5.41, 5.74) is 5.63. The molecule has 0 aliphatic heterocycles. The number of hydrogen-bond acceptors (Lipinski definition) is 1. The molecule has 0 bridgehead atoms. The molecule has 0 saturated carbocycles. The van der Waals surface area contributed by atoms with E-state index in [-0.39, 0.29) is 0 Å².